The lowest BCUT2D eigenvalue weighted by molar-refractivity contribution is -0.268. The average Bonchev–Trinajstić information content (AvgIpc) is 3.11. The second-order valence-corrected chi connectivity index (χ2v) is 12.0. The second-order valence-electron chi connectivity index (χ2n) is 11.0. The maximum atomic E-state index is 12.6. The van der Waals surface area contributed by atoms with E-state index in [2.05, 4.69) is 52.5 Å². The van der Waals surface area contributed by atoms with Gasteiger partial charge in [0.15, 0.2) is 6.29 Å². The number of carbonyl (C=O) groups is 1. The SMILES string of the molecule is C[C@H]1[C@@H](CSc2ccccn2)O[C@@H](c2ccc(-c3ccccc3CNC(=O)c3cccnc3)cc2)O[C@H]1c1ccc(CO)cc1. The van der Waals surface area contributed by atoms with E-state index < -0.39 is 6.29 Å². The van der Waals surface area contributed by atoms with Crippen molar-refractivity contribution in [3.05, 3.63) is 150 Å². The quantitative estimate of drug-likeness (QED) is 0.161. The topological polar surface area (TPSA) is 93.6 Å². The Balaban J connectivity index is 1.21. The highest BCUT2D eigenvalue weighted by atomic mass is 32.2. The second kappa shape index (κ2) is 14.6. The summed E-state index contributed by atoms with van der Waals surface area (Å²) in [6.07, 6.45) is 4.19. The number of nitrogens with one attached hydrogen (secondary N) is 1. The summed E-state index contributed by atoms with van der Waals surface area (Å²) in [5.41, 5.74) is 6.47. The molecule has 1 amide bonds. The molecule has 0 unspecified atom stereocenters. The first-order chi connectivity index (χ1) is 22.1. The molecule has 3 aromatic carbocycles. The van der Waals surface area contributed by atoms with Crippen molar-refractivity contribution in [1.82, 2.24) is 15.3 Å². The molecule has 2 N–H and O–H groups in total. The minimum Gasteiger partial charge on any atom is -0.392 e. The van der Waals surface area contributed by atoms with Gasteiger partial charge in [-0.25, -0.2) is 4.98 Å². The van der Waals surface area contributed by atoms with Crippen LogP contribution < -0.4 is 5.32 Å². The van der Waals surface area contributed by atoms with Crippen molar-refractivity contribution in [2.45, 2.75) is 43.6 Å². The molecule has 6 rings (SSSR count). The summed E-state index contributed by atoms with van der Waals surface area (Å²) in [5, 5.41) is 13.5. The summed E-state index contributed by atoms with van der Waals surface area (Å²) in [6, 6.07) is 33.7. The van der Waals surface area contributed by atoms with E-state index in [1.807, 2.05) is 60.7 Å². The molecule has 5 aromatic rings. The molecule has 7 nitrogen and oxygen atoms in total. The zero-order valence-corrected chi connectivity index (χ0v) is 25.8. The number of thioether (sulfide) groups is 1. The van der Waals surface area contributed by atoms with Crippen molar-refractivity contribution < 1.29 is 19.4 Å². The minimum absolute atomic E-state index is 0.00277. The molecule has 0 spiro atoms. The van der Waals surface area contributed by atoms with Crippen molar-refractivity contribution in [3.8, 4) is 11.1 Å². The Morgan fingerprint density at radius 3 is 2.38 bits per heavy atom. The van der Waals surface area contributed by atoms with E-state index in [-0.39, 0.29) is 30.6 Å². The fourth-order valence-corrected chi connectivity index (χ4v) is 6.49. The van der Waals surface area contributed by atoms with Crippen LogP contribution in [-0.2, 0) is 22.6 Å². The Labute approximate surface area is 267 Å². The first-order valence-electron chi connectivity index (χ1n) is 15.0. The molecule has 8 heteroatoms. The summed E-state index contributed by atoms with van der Waals surface area (Å²) >= 11 is 1.68. The molecular formula is C37H35N3O4S. The Morgan fingerprint density at radius 1 is 0.867 bits per heavy atom. The lowest BCUT2D eigenvalue weighted by Gasteiger charge is -2.41. The van der Waals surface area contributed by atoms with Gasteiger partial charge in [-0.15, -0.1) is 11.8 Å². The van der Waals surface area contributed by atoms with Crippen LogP contribution in [-0.4, -0.2) is 32.8 Å². The van der Waals surface area contributed by atoms with Crippen LogP contribution in [0.15, 0.2) is 127 Å². The number of benzene rings is 3. The number of ether oxygens (including phenoxy) is 2. The highest BCUT2D eigenvalue weighted by Gasteiger charge is 2.38. The number of aromatic nitrogens is 2. The Bertz CT molecular complexity index is 1690. The number of nitrogens with zero attached hydrogens (tertiary/aromatic N) is 2. The van der Waals surface area contributed by atoms with Crippen LogP contribution in [0.2, 0.25) is 0 Å². The van der Waals surface area contributed by atoms with Gasteiger partial charge in [-0.2, -0.15) is 0 Å². The van der Waals surface area contributed by atoms with E-state index in [0.717, 1.165) is 44.2 Å². The minimum atomic E-state index is -0.555. The number of amides is 1. The zero-order chi connectivity index (χ0) is 31.0. The van der Waals surface area contributed by atoms with Gasteiger partial charge in [0.25, 0.3) is 5.91 Å². The molecule has 1 fully saturated rings. The van der Waals surface area contributed by atoms with Gasteiger partial charge in [-0.05, 0) is 52.1 Å². The average molecular weight is 618 g/mol. The highest BCUT2D eigenvalue weighted by molar-refractivity contribution is 7.99. The van der Waals surface area contributed by atoms with Crippen LogP contribution >= 0.6 is 11.8 Å². The van der Waals surface area contributed by atoms with Crippen LogP contribution in [0.4, 0.5) is 0 Å². The molecule has 0 bridgehead atoms. The van der Waals surface area contributed by atoms with E-state index in [0.29, 0.717) is 12.1 Å². The number of rotatable bonds is 10. The maximum absolute atomic E-state index is 12.6. The molecule has 4 atom stereocenters. The first-order valence-corrected chi connectivity index (χ1v) is 16.0. The van der Waals surface area contributed by atoms with E-state index in [1.165, 1.54) is 0 Å². The van der Waals surface area contributed by atoms with Crippen LogP contribution in [0.3, 0.4) is 0 Å². The van der Waals surface area contributed by atoms with Gasteiger partial charge in [0.2, 0.25) is 0 Å². The van der Waals surface area contributed by atoms with Crippen molar-refractivity contribution >= 4 is 17.7 Å². The summed E-state index contributed by atoms with van der Waals surface area (Å²) in [5.74, 6) is 0.662. The fraction of sp³-hybridized carbons (Fsp3) is 0.216. The predicted molar refractivity (Wildman–Crippen MR) is 175 cm³/mol. The lowest BCUT2D eigenvalue weighted by Crippen LogP contribution is -2.38. The maximum Gasteiger partial charge on any atom is 0.253 e. The van der Waals surface area contributed by atoms with Gasteiger partial charge in [-0.1, -0.05) is 85.8 Å². The fourth-order valence-electron chi connectivity index (χ4n) is 5.46. The summed E-state index contributed by atoms with van der Waals surface area (Å²) in [6.45, 7) is 2.56. The lowest BCUT2D eigenvalue weighted by atomic mass is 9.91. The van der Waals surface area contributed by atoms with Gasteiger partial charge in [-0.3, -0.25) is 9.78 Å². The molecule has 3 heterocycles. The Hall–Kier alpha value is -4.34. The van der Waals surface area contributed by atoms with Crippen molar-refractivity contribution in [1.29, 1.82) is 0 Å². The third kappa shape index (κ3) is 7.49. The van der Waals surface area contributed by atoms with Crippen LogP contribution in [0.5, 0.6) is 0 Å². The largest absolute Gasteiger partial charge is 0.392 e. The number of carbonyl (C=O) groups excluding carboxylic acids is 1. The first kappa shape index (κ1) is 30.7. The Morgan fingerprint density at radius 2 is 1.64 bits per heavy atom. The predicted octanol–water partition coefficient (Wildman–Crippen LogP) is 7.15. The van der Waals surface area contributed by atoms with Crippen LogP contribution in [0.1, 0.15) is 51.9 Å². The van der Waals surface area contributed by atoms with Gasteiger partial charge in [0.1, 0.15) is 0 Å². The zero-order valence-electron chi connectivity index (χ0n) is 25.0. The monoisotopic (exact) mass is 617 g/mol. The standard InChI is InChI=1S/C37H35N3O4S/c1-25-33(24-45-34-10-4-5-20-39-34)43-37(44-35(25)28-13-11-26(23-41)12-14-28)29-17-15-27(16-18-29)32-9-3-2-7-30(32)22-40-36(42)31-8-6-19-38-21-31/h2-21,25,33,35,37,41H,22-24H2,1H3,(H,40,42)/t25-,33+,35+,37+/m0/s1. The van der Waals surface area contributed by atoms with Crippen LogP contribution in [0, 0.1) is 5.92 Å². The summed E-state index contributed by atoms with van der Waals surface area (Å²) in [4.78, 5) is 21.1. The molecule has 228 valence electrons. The molecule has 45 heavy (non-hydrogen) atoms. The number of hydrogen-bond donors (Lipinski definition) is 2. The summed E-state index contributed by atoms with van der Waals surface area (Å²) < 4.78 is 13.3. The smallest absolute Gasteiger partial charge is 0.253 e. The van der Waals surface area contributed by atoms with E-state index in [9.17, 15) is 9.90 Å². The van der Waals surface area contributed by atoms with Crippen molar-refractivity contribution in [2.75, 3.05) is 5.75 Å². The van der Waals surface area contributed by atoms with Gasteiger partial charge >= 0.3 is 0 Å². The molecule has 0 aliphatic carbocycles. The van der Waals surface area contributed by atoms with E-state index in [1.54, 1.807) is 42.5 Å². The van der Waals surface area contributed by atoms with E-state index in [4.69, 9.17) is 9.47 Å². The summed E-state index contributed by atoms with van der Waals surface area (Å²) in [7, 11) is 0. The third-order valence-corrected chi connectivity index (χ3v) is 9.06. The molecule has 1 aliphatic rings. The molecule has 1 aliphatic heterocycles. The molecule has 0 radical (unpaired) electrons. The van der Waals surface area contributed by atoms with E-state index >= 15 is 0 Å². The highest BCUT2D eigenvalue weighted by Crippen LogP contribution is 2.43. The van der Waals surface area contributed by atoms with Crippen molar-refractivity contribution in [3.63, 3.8) is 0 Å². The van der Waals surface area contributed by atoms with Gasteiger partial charge in [0.05, 0.1) is 29.4 Å². The van der Waals surface area contributed by atoms with Crippen molar-refractivity contribution in [2.24, 2.45) is 5.92 Å². The number of hydrogen-bond acceptors (Lipinski definition) is 7. The number of aliphatic hydroxyl groups excluding tert-OH is 1. The molecule has 2 aromatic heterocycles. The van der Waals surface area contributed by atoms with Gasteiger partial charge < -0.3 is 19.9 Å². The van der Waals surface area contributed by atoms with Gasteiger partial charge in [0, 0.05) is 42.4 Å². The number of aliphatic hydroxyl groups is 1. The number of pyridine rings is 2. The molecule has 0 saturated carbocycles. The third-order valence-electron chi connectivity index (χ3n) is 8.03. The van der Waals surface area contributed by atoms with Crippen LogP contribution in [0.25, 0.3) is 11.1 Å². The molecular weight excluding hydrogens is 582 g/mol. The molecule has 1 saturated heterocycles. The Kier molecular flexibility index (Phi) is 9.97. The normalized spacial score (nSPS) is 19.6.